The monoisotopic (exact) mass is 531 g/mol. The van der Waals surface area contributed by atoms with E-state index in [1.807, 2.05) is 43.3 Å². The standard InChI is InChI=1S/C26H31Cl2N5O3/c1-2-29-26(35)32(12-11-31-13-15-36-16-14-31)18-25(34)33-24(20-8-4-6-10-22(20)28)17-23(30-33)19-7-3-5-9-21(19)27/h3-10,24H,2,11-18H2,1H3,(H,29,35)/t24-/m0/s1. The number of nitrogens with zero attached hydrogens (tertiary/aromatic N) is 4. The number of hydrazone groups is 1. The molecule has 0 aliphatic carbocycles. The molecule has 10 heteroatoms. The summed E-state index contributed by atoms with van der Waals surface area (Å²) in [6, 6.07) is 14.2. The third kappa shape index (κ3) is 6.37. The van der Waals surface area contributed by atoms with Gasteiger partial charge in [-0.2, -0.15) is 5.10 Å². The average Bonchev–Trinajstić information content (AvgIpc) is 3.33. The van der Waals surface area contributed by atoms with Crippen molar-refractivity contribution in [3.63, 3.8) is 0 Å². The fraction of sp³-hybridized carbons (Fsp3) is 0.423. The van der Waals surface area contributed by atoms with E-state index in [9.17, 15) is 9.59 Å². The number of nitrogens with one attached hydrogen (secondary N) is 1. The topological polar surface area (TPSA) is 77.5 Å². The van der Waals surface area contributed by atoms with Crippen LogP contribution in [0.1, 0.15) is 30.5 Å². The smallest absolute Gasteiger partial charge is 0.317 e. The van der Waals surface area contributed by atoms with Crippen LogP contribution >= 0.6 is 23.2 Å². The number of carbonyl (C=O) groups excluding carboxylic acids is 2. The van der Waals surface area contributed by atoms with Crippen molar-refractivity contribution in [1.29, 1.82) is 0 Å². The molecule has 2 aliphatic rings. The molecule has 0 radical (unpaired) electrons. The van der Waals surface area contributed by atoms with Crippen molar-refractivity contribution in [3.8, 4) is 0 Å². The number of amides is 3. The van der Waals surface area contributed by atoms with Crippen molar-refractivity contribution >= 4 is 40.9 Å². The van der Waals surface area contributed by atoms with Gasteiger partial charge in [0.05, 0.1) is 25.0 Å². The number of hydrogen-bond donors (Lipinski definition) is 1. The van der Waals surface area contributed by atoms with Gasteiger partial charge in [-0.05, 0) is 24.6 Å². The summed E-state index contributed by atoms with van der Waals surface area (Å²) >= 11 is 13.0. The first-order valence-corrected chi connectivity index (χ1v) is 12.9. The van der Waals surface area contributed by atoms with Crippen molar-refractivity contribution in [2.75, 3.05) is 52.5 Å². The second-order valence-corrected chi connectivity index (χ2v) is 9.53. The number of halogens is 2. The van der Waals surface area contributed by atoms with Crippen LogP contribution in [0.5, 0.6) is 0 Å². The average molecular weight is 532 g/mol. The van der Waals surface area contributed by atoms with E-state index in [0.29, 0.717) is 55.0 Å². The Bertz CT molecular complexity index is 1110. The summed E-state index contributed by atoms with van der Waals surface area (Å²) in [5.41, 5.74) is 2.28. The molecule has 0 bridgehead atoms. The minimum absolute atomic E-state index is 0.101. The minimum atomic E-state index is -0.396. The van der Waals surface area contributed by atoms with Crippen LogP contribution in [0.15, 0.2) is 53.6 Å². The molecule has 8 nitrogen and oxygen atoms in total. The molecule has 0 aromatic heterocycles. The number of ether oxygens (including phenoxy) is 1. The predicted molar refractivity (Wildman–Crippen MR) is 142 cm³/mol. The Morgan fingerprint density at radius 3 is 2.47 bits per heavy atom. The Morgan fingerprint density at radius 1 is 1.08 bits per heavy atom. The lowest BCUT2D eigenvalue weighted by atomic mass is 9.98. The largest absolute Gasteiger partial charge is 0.379 e. The van der Waals surface area contributed by atoms with Gasteiger partial charge < -0.3 is 15.0 Å². The van der Waals surface area contributed by atoms with Crippen LogP contribution in [0.25, 0.3) is 0 Å². The molecule has 36 heavy (non-hydrogen) atoms. The first-order valence-electron chi connectivity index (χ1n) is 12.2. The Hall–Kier alpha value is -2.65. The molecular weight excluding hydrogens is 501 g/mol. The molecule has 2 heterocycles. The second-order valence-electron chi connectivity index (χ2n) is 8.72. The molecule has 3 amide bonds. The molecule has 1 atom stereocenters. The van der Waals surface area contributed by atoms with E-state index in [0.717, 1.165) is 24.2 Å². The summed E-state index contributed by atoms with van der Waals surface area (Å²) in [6.45, 7) is 6.28. The summed E-state index contributed by atoms with van der Waals surface area (Å²) in [4.78, 5) is 30.3. The summed E-state index contributed by atoms with van der Waals surface area (Å²) < 4.78 is 5.41. The van der Waals surface area contributed by atoms with Gasteiger partial charge in [-0.25, -0.2) is 9.80 Å². The fourth-order valence-corrected chi connectivity index (χ4v) is 4.93. The van der Waals surface area contributed by atoms with Crippen LogP contribution in [0.4, 0.5) is 4.79 Å². The van der Waals surface area contributed by atoms with Gasteiger partial charge in [0, 0.05) is 54.8 Å². The van der Waals surface area contributed by atoms with Crippen molar-refractivity contribution in [1.82, 2.24) is 20.1 Å². The number of morpholine rings is 1. The molecule has 1 fully saturated rings. The van der Waals surface area contributed by atoms with Crippen LogP contribution in [-0.4, -0.2) is 84.9 Å². The van der Waals surface area contributed by atoms with Crippen molar-refractivity contribution < 1.29 is 14.3 Å². The minimum Gasteiger partial charge on any atom is -0.379 e. The van der Waals surface area contributed by atoms with Gasteiger partial charge >= 0.3 is 6.03 Å². The zero-order valence-electron chi connectivity index (χ0n) is 20.3. The molecular formula is C26H31Cl2N5O3. The quantitative estimate of drug-likeness (QED) is 0.557. The second kappa shape index (κ2) is 12.5. The molecule has 1 N–H and O–H groups in total. The summed E-state index contributed by atoms with van der Waals surface area (Å²) in [5, 5.41) is 10.1. The first-order chi connectivity index (χ1) is 17.5. The zero-order valence-corrected chi connectivity index (χ0v) is 21.8. The molecule has 2 aromatic carbocycles. The van der Waals surface area contributed by atoms with Gasteiger partial charge in [0.1, 0.15) is 6.54 Å². The highest BCUT2D eigenvalue weighted by Crippen LogP contribution is 2.37. The lowest BCUT2D eigenvalue weighted by molar-refractivity contribution is -0.133. The fourth-order valence-electron chi connectivity index (χ4n) is 4.42. The lowest BCUT2D eigenvalue weighted by Gasteiger charge is -2.31. The van der Waals surface area contributed by atoms with E-state index in [1.54, 1.807) is 17.0 Å². The number of rotatable bonds is 8. The zero-order chi connectivity index (χ0) is 25.5. The molecule has 192 valence electrons. The molecule has 0 saturated carbocycles. The van der Waals surface area contributed by atoms with Crippen LogP contribution in [0.3, 0.4) is 0 Å². The Morgan fingerprint density at radius 2 is 1.78 bits per heavy atom. The van der Waals surface area contributed by atoms with Crippen molar-refractivity contribution in [3.05, 3.63) is 69.7 Å². The van der Waals surface area contributed by atoms with Gasteiger partial charge in [-0.1, -0.05) is 59.6 Å². The SMILES string of the molecule is CCNC(=O)N(CCN1CCOCC1)CC(=O)N1N=C(c2ccccc2Cl)C[C@H]1c1ccccc1Cl. The van der Waals surface area contributed by atoms with Gasteiger partial charge in [-0.3, -0.25) is 9.69 Å². The van der Waals surface area contributed by atoms with Crippen LogP contribution in [0.2, 0.25) is 10.0 Å². The molecule has 2 aliphatic heterocycles. The Labute approximate surface area is 221 Å². The van der Waals surface area contributed by atoms with Crippen molar-refractivity contribution in [2.45, 2.75) is 19.4 Å². The molecule has 0 spiro atoms. The molecule has 0 unspecified atom stereocenters. The van der Waals surface area contributed by atoms with Gasteiger partial charge in [-0.15, -0.1) is 0 Å². The first kappa shape index (κ1) is 26.4. The number of urea groups is 1. The number of carbonyl (C=O) groups is 2. The third-order valence-electron chi connectivity index (χ3n) is 6.35. The van der Waals surface area contributed by atoms with E-state index < -0.39 is 6.04 Å². The molecule has 2 aromatic rings. The maximum absolute atomic E-state index is 13.7. The maximum atomic E-state index is 13.7. The highest BCUT2D eigenvalue weighted by Gasteiger charge is 2.36. The normalized spacial score (nSPS) is 18.1. The van der Waals surface area contributed by atoms with Gasteiger partial charge in [0.2, 0.25) is 0 Å². The Kier molecular flexibility index (Phi) is 9.20. The lowest BCUT2D eigenvalue weighted by Crippen LogP contribution is -2.49. The van der Waals surface area contributed by atoms with E-state index >= 15 is 0 Å². The van der Waals surface area contributed by atoms with E-state index in [2.05, 4.69) is 10.2 Å². The van der Waals surface area contributed by atoms with Crippen molar-refractivity contribution in [2.24, 2.45) is 5.10 Å². The van der Waals surface area contributed by atoms with E-state index in [4.69, 9.17) is 33.0 Å². The third-order valence-corrected chi connectivity index (χ3v) is 7.02. The van der Waals surface area contributed by atoms with Gasteiger partial charge in [0.25, 0.3) is 5.91 Å². The van der Waals surface area contributed by atoms with Crippen LogP contribution in [0, 0.1) is 0 Å². The summed E-state index contributed by atoms with van der Waals surface area (Å²) in [5.74, 6) is -0.282. The summed E-state index contributed by atoms with van der Waals surface area (Å²) in [7, 11) is 0. The number of benzene rings is 2. The highest BCUT2D eigenvalue weighted by atomic mass is 35.5. The predicted octanol–water partition coefficient (Wildman–Crippen LogP) is 4.03. The van der Waals surface area contributed by atoms with E-state index in [-0.39, 0.29) is 18.5 Å². The van der Waals surface area contributed by atoms with E-state index in [1.165, 1.54) is 5.01 Å². The molecule has 4 rings (SSSR count). The van der Waals surface area contributed by atoms with Gasteiger partial charge in [0.15, 0.2) is 0 Å². The maximum Gasteiger partial charge on any atom is 0.317 e. The number of hydrogen-bond acceptors (Lipinski definition) is 5. The summed E-state index contributed by atoms with van der Waals surface area (Å²) in [6.07, 6.45) is 0.466. The van der Waals surface area contributed by atoms with Crippen LogP contribution < -0.4 is 5.32 Å². The Balaban J connectivity index is 1.57. The van der Waals surface area contributed by atoms with Crippen LogP contribution in [-0.2, 0) is 9.53 Å². The molecule has 1 saturated heterocycles. The highest BCUT2D eigenvalue weighted by molar-refractivity contribution is 6.34.